The van der Waals surface area contributed by atoms with Crippen LogP contribution in [-0.4, -0.2) is 24.6 Å². The van der Waals surface area contributed by atoms with Crippen LogP contribution in [0.25, 0.3) is 0 Å². The van der Waals surface area contributed by atoms with Gasteiger partial charge in [0.1, 0.15) is 6.61 Å². The quantitative estimate of drug-likeness (QED) is 0.245. The van der Waals surface area contributed by atoms with Gasteiger partial charge in [-0.2, -0.15) is 5.10 Å². The first-order valence-electron chi connectivity index (χ1n) is 10.8. The predicted molar refractivity (Wildman–Crippen MR) is 135 cm³/mol. The van der Waals surface area contributed by atoms with E-state index in [9.17, 15) is 9.59 Å². The van der Waals surface area contributed by atoms with Crippen molar-refractivity contribution in [1.82, 2.24) is 10.7 Å². The van der Waals surface area contributed by atoms with E-state index in [1.807, 2.05) is 68.4 Å². The number of nitrogens with one attached hydrogen (secondary N) is 2. The molecule has 176 valence electrons. The van der Waals surface area contributed by atoms with Gasteiger partial charge in [-0.25, -0.2) is 5.43 Å². The minimum atomic E-state index is -0.852. The van der Waals surface area contributed by atoms with Crippen molar-refractivity contribution in [3.05, 3.63) is 93.5 Å². The Bertz CT molecular complexity index is 1150. The third-order valence-electron chi connectivity index (χ3n) is 4.72. The molecule has 0 aromatic heterocycles. The first kappa shape index (κ1) is 25.0. The van der Waals surface area contributed by atoms with E-state index >= 15 is 0 Å². The van der Waals surface area contributed by atoms with Gasteiger partial charge in [-0.3, -0.25) is 9.59 Å². The highest BCUT2D eigenvalue weighted by Gasteiger charge is 2.14. The zero-order valence-corrected chi connectivity index (χ0v) is 20.6. The third-order valence-corrected chi connectivity index (χ3v) is 5.31. The summed E-state index contributed by atoms with van der Waals surface area (Å²) in [4.78, 5) is 24.0. The molecule has 3 aromatic carbocycles. The van der Waals surface area contributed by atoms with E-state index in [1.54, 1.807) is 12.1 Å². The van der Waals surface area contributed by atoms with Gasteiger partial charge in [-0.1, -0.05) is 60.2 Å². The summed E-state index contributed by atoms with van der Waals surface area (Å²) in [5.74, 6) is -0.507. The summed E-state index contributed by atoms with van der Waals surface area (Å²) in [6.07, 6.45) is 1.43. The average molecular weight is 524 g/mol. The molecule has 8 heteroatoms. The van der Waals surface area contributed by atoms with Crippen LogP contribution >= 0.6 is 15.9 Å². The Morgan fingerprint density at radius 3 is 2.41 bits per heavy atom. The minimum Gasteiger partial charge on any atom is -0.490 e. The summed E-state index contributed by atoms with van der Waals surface area (Å²) in [7, 11) is 0. The molecular formula is C26H26BrN3O4. The molecule has 0 fully saturated rings. The molecule has 34 heavy (non-hydrogen) atoms. The van der Waals surface area contributed by atoms with E-state index in [1.165, 1.54) is 11.8 Å². The topological polar surface area (TPSA) is 89.0 Å². The molecule has 3 aromatic rings. The Balaban J connectivity index is 1.60. The predicted octanol–water partition coefficient (Wildman–Crippen LogP) is 4.50. The van der Waals surface area contributed by atoms with Crippen LogP contribution < -0.4 is 20.2 Å². The molecule has 0 unspecified atom stereocenters. The highest BCUT2D eigenvalue weighted by molar-refractivity contribution is 9.10. The molecule has 2 amide bonds. The molecule has 0 aliphatic heterocycles. The number of amides is 2. The van der Waals surface area contributed by atoms with E-state index in [-0.39, 0.29) is 6.54 Å². The van der Waals surface area contributed by atoms with Crippen molar-refractivity contribution >= 4 is 34.0 Å². The molecule has 0 atom stereocenters. The molecular weight excluding hydrogens is 498 g/mol. The molecule has 0 spiro atoms. The Kier molecular flexibility index (Phi) is 9.22. The molecule has 7 nitrogen and oxygen atoms in total. The summed E-state index contributed by atoms with van der Waals surface area (Å²) < 4.78 is 12.4. The minimum absolute atomic E-state index is 0.255. The van der Waals surface area contributed by atoms with Crippen LogP contribution in [0.5, 0.6) is 11.5 Å². The number of hydrogen-bond acceptors (Lipinski definition) is 5. The number of ether oxygens (including phenoxy) is 2. The van der Waals surface area contributed by atoms with Crippen LogP contribution in [0.4, 0.5) is 0 Å². The van der Waals surface area contributed by atoms with Gasteiger partial charge in [0.15, 0.2) is 11.5 Å². The van der Waals surface area contributed by atoms with Gasteiger partial charge in [0.2, 0.25) is 0 Å². The van der Waals surface area contributed by atoms with Crippen LogP contribution in [0, 0.1) is 6.92 Å². The second-order valence-electron chi connectivity index (χ2n) is 7.40. The van der Waals surface area contributed by atoms with Crippen molar-refractivity contribution in [1.29, 1.82) is 0 Å². The van der Waals surface area contributed by atoms with E-state index in [2.05, 4.69) is 31.8 Å². The number of carbonyl (C=O) groups is 2. The SMILES string of the molecule is CCOc1cc(/C=N/NC(=O)C(=O)NCc2ccccc2)cc(Br)c1OCc1ccc(C)cc1. The fourth-order valence-electron chi connectivity index (χ4n) is 2.98. The lowest BCUT2D eigenvalue weighted by molar-refractivity contribution is -0.139. The van der Waals surface area contributed by atoms with Crippen LogP contribution in [0.1, 0.15) is 29.2 Å². The summed E-state index contributed by atoms with van der Waals surface area (Å²) >= 11 is 3.52. The fourth-order valence-corrected chi connectivity index (χ4v) is 3.55. The number of aryl methyl sites for hydroxylation is 1. The van der Waals surface area contributed by atoms with Crippen molar-refractivity contribution < 1.29 is 19.1 Å². The zero-order valence-electron chi connectivity index (χ0n) is 19.0. The lowest BCUT2D eigenvalue weighted by Crippen LogP contribution is -2.37. The first-order chi connectivity index (χ1) is 16.5. The first-order valence-corrected chi connectivity index (χ1v) is 11.6. The van der Waals surface area contributed by atoms with Gasteiger partial charge in [-0.15, -0.1) is 0 Å². The zero-order chi connectivity index (χ0) is 24.3. The molecule has 0 saturated carbocycles. The van der Waals surface area contributed by atoms with Crippen molar-refractivity contribution in [2.24, 2.45) is 5.10 Å². The normalized spacial score (nSPS) is 10.7. The van der Waals surface area contributed by atoms with Gasteiger partial charge < -0.3 is 14.8 Å². The molecule has 0 aliphatic rings. The van der Waals surface area contributed by atoms with Crippen LogP contribution in [0.15, 0.2) is 76.3 Å². The maximum absolute atomic E-state index is 12.0. The number of nitrogens with zero attached hydrogens (tertiary/aromatic N) is 1. The van der Waals surface area contributed by atoms with Crippen LogP contribution in [0.2, 0.25) is 0 Å². The number of rotatable bonds is 9. The molecule has 0 aliphatic carbocycles. The number of hydrazone groups is 1. The number of benzene rings is 3. The van der Waals surface area contributed by atoms with Gasteiger partial charge in [0.05, 0.1) is 17.3 Å². The van der Waals surface area contributed by atoms with E-state index < -0.39 is 11.8 Å². The summed E-state index contributed by atoms with van der Waals surface area (Å²) in [6, 6.07) is 21.0. The molecule has 0 heterocycles. The van der Waals surface area contributed by atoms with Gasteiger partial charge in [0, 0.05) is 6.54 Å². The maximum atomic E-state index is 12.0. The monoisotopic (exact) mass is 523 g/mol. The fraction of sp³-hybridized carbons (Fsp3) is 0.192. The number of hydrogen-bond donors (Lipinski definition) is 2. The second kappa shape index (κ2) is 12.6. The molecule has 3 rings (SSSR count). The van der Waals surface area contributed by atoms with Crippen molar-refractivity contribution in [2.45, 2.75) is 27.0 Å². The summed E-state index contributed by atoms with van der Waals surface area (Å²) in [6.45, 7) is 5.01. The average Bonchev–Trinajstić information content (AvgIpc) is 2.84. The Hall–Kier alpha value is -3.65. The van der Waals surface area contributed by atoms with Crippen molar-refractivity contribution in [3.8, 4) is 11.5 Å². The Labute approximate surface area is 207 Å². The van der Waals surface area contributed by atoms with Gasteiger partial charge >= 0.3 is 11.8 Å². The molecule has 0 saturated heterocycles. The second-order valence-corrected chi connectivity index (χ2v) is 8.26. The van der Waals surface area contributed by atoms with Gasteiger partial charge in [0.25, 0.3) is 0 Å². The van der Waals surface area contributed by atoms with Crippen molar-refractivity contribution in [3.63, 3.8) is 0 Å². The highest BCUT2D eigenvalue weighted by Crippen LogP contribution is 2.37. The molecule has 0 radical (unpaired) electrons. The number of halogens is 1. The van der Waals surface area contributed by atoms with Crippen LogP contribution in [0.3, 0.4) is 0 Å². The summed E-state index contributed by atoms with van der Waals surface area (Å²) in [5, 5.41) is 6.44. The standard InChI is InChI=1S/C26H26BrN3O4/c1-3-33-23-14-21(13-22(27)24(23)34-17-20-11-9-18(2)10-12-20)16-29-30-26(32)25(31)28-15-19-7-5-4-6-8-19/h4-14,16H,3,15,17H2,1-2H3,(H,28,31)(H,30,32)/b29-16+. The van der Waals surface area contributed by atoms with E-state index in [0.29, 0.717) is 34.7 Å². The lowest BCUT2D eigenvalue weighted by Gasteiger charge is -2.15. The third kappa shape index (κ3) is 7.45. The van der Waals surface area contributed by atoms with E-state index in [4.69, 9.17) is 9.47 Å². The van der Waals surface area contributed by atoms with Crippen LogP contribution in [-0.2, 0) is 22.7 Å². The van der Waals surface area contributed by atoms with Gasteiger partial charge in [-0.05, 0) is 58.6 Å². The number of carbonyl (C=O) groups excluding carboxylic acids is 2. The largest absolute Gasteiger partial charge is 0.490 e. The molecule has 2 N–H and O–H groups in total. The molecule has 0 bridgehead atoms. The summed E-state index contributed by atoms with van der Waals surface area (Å²) in [5.41, 5.74) is 6.01. The van der Waals surface area contributed by atoms with E-state index in [0.717, 1.165) is 11.1 Å². The lowest BCUT2D eigenvalue weighted by atomic mass is 10.2. The Morgan fingerprint density at radius 2 is 1.71 bits per heavy atom. The highest BCUT2D eigenvalue weighted by atomic mass is 79.9. The smallest absolute Gasteiger partial charge is 0.329 e. The Morgan fingerprint density at radius 1 is 0.971 bits per heavy atom. The van der Waals surface area contributed by atoms with Crippen molar-refractivity contribution in [2.75, 3.05) is 6.61 Å². The maximum Gasteiger partial charge on any atom is 0.329 e.